The smallest absolute Gasteiger partial charge is 0.0587 e. The van der Waals surface area contributed by atoms with Crippen molar-refractivity contribution in [1.29, 1.82) is 0 Å². The van der Waals surface area contributed by atoms with Gasteiger partial charge >= 0.3 is 0 Å². The third-order valence-corrected chi connectivity index (χ3v) is 1.75. The molecular weight excluding hydrogens is 152 g/mol. The molecule has 1 unspecified atom stereocenters. The van der Waals surface area contributed by atoms with Crippen LogP contribution in [0.5, 0.6) is 0 Å². The van der Waals surface area contributed by atoms with E-state index in [2.05, 4.69) is 12.2 Å². The highest BCUT2D eigenvalue weighted by molar-refractivity contribution is 4.54. The number of methoxy groups -OCH3 is 1. The highest BCUT2D eigenvalue weighted by Crippen LogP contribution is 1.96. The monoisotopic (exact) mass is 174 g/mol. The summed E-state index contributed by atoms with van der Waals surface area (Å²) >= 11 is 0. The molecule has 1 atom stereocenters. The first-order chi connectivity index (χ1) is 5.77. The third-order valence-electron chi connectivity index (χ3n) is 1.75. The molecule has 0 bridgehead atoms. The third kappa shape index (κ3) is 9.88. The Morgan fingerprint density at radius 2 is 2.08 bits per heavy atom. The molecule has 0 spiro atoms. The molecule has 0 aromatic rings. The maximum absolute atomic E-state index is 5.61. The Balaban J connectivity index is 2.82. The van der Waals surface area contributed by atoms with Gasteiger partial charge < -0.3 is 15.8 Å². The highest BCUT2D eigenvalue weighted by Gasteiger charge is 1.93. The van der Waals surface area contributed by atoms with Gasteiger partial charge in [0.1, 0.15) is 0 Å². The van der Waals surface area contributed by atoms with E-state index in [4.69, 9.17) is 10.5 Å². The van der Waals surface area contributed by atoms with Gasteiger partial charge in [0, 0.05) is 19.7 Å². The molecule has 0 aliphatic rings. The number of nitrogens with two attached hydrogens (primary N) is 1. The zero-order valence-electron chi connectivity index (χ0n) is 8.31. The van der Waals surface area contributed by atoms with Crippen molar-refractivity contribution in [3.05, 3.63) is 0 Å². The second-order valence-electron chi connectivity index (χ2n) is 3.22. The predicted octanol–water partition coefficient (Wildman–Crippen LogP) is 0.740. The topological polar surface area (TPSA) is 47.3 Å². The molecule has 0 heterocycles. The molecule has 0 aliphatic heterocycles. The largest absolute Gasteiger partial charge is 0.383 e. The SMILES string of the molecule is COCCNCCCCC(C)N. The number of unbranched alkanes of at least 4 members (excludes halogenated alkanes) is 1. The maximum Gasteiger partial charge on any atom is 0.0587 e. The molecule has 0 radical (unpaired) electrons. The first kappa shape index (κ1) is 11.9. The lowest BCUT2D eigenvalue weighted by Crippen LogP contribution is -2.21. The minimum Gasteiger partial charge on any atom is -0.383 e. The van der Waals surface area contributed by atoms with Crippen molar-refractivity contribution in [3.63, 3.8) is 0 Å². The first-order valence-corrected chi connectivity index (χ1v) is 4.72. The van der Waals surface area contributed by atoms with Crippen LogP contribution in [0.2, 0.25) is 0 Å². The lowest BCUT2D eigenvalue weighted by molar-refractivity contribution is 0.199. The summed E-state index contributed by atoms with van der Waals surface area (Å²) in [5.41, 5.74) is 5.61. The standard InChI is InChI=1S/C9H22N2O/c1-9(10)5-3-4-6-11-7-8-12-2/h9,11H,3-8,10H2,1-2H3. The number of nitrogens with one attached hydrogen (secondary N) is 1. The quantitative estimate of drug-likeness (QED) is 0.534. The van der Waals surface area contributed by atoms with Crippen LogP contribution < -0.4 is 11.1 Å². The fourth-order valence-electron chi connectivity index (χ4n) is 1.02. The van der Waals surface area contributed by atoms with Gasteiger partial charge in [-0.05, 0) is 26.3 Å². The van der Waals surface area contributed by atoms with Crippen LogP contribution in [0.3, 0.4) is 0 Å². The van der Waals surface area contributed by atoms with Crippen molar-refractivity contribution in [3.8, 4) is 0 Å². The molecule has 0 saturated heterocycles. The van der Waals surface area contributed by atoms with E-state index in [9.17, 15) is 0 Å². The van der Waals surface area contributed by atoms with Crippen LogP contribution in [0.4, 0.5) is 0 Å². The number of hydrogen-bond acceptors (Lipinski definition) is 3. The van der Waals surface area contributed by atoms with E-state index >= 15 is 0 Å². The molecule has 0 fully saturated rings. The van der Waals surface area contributed by atoms with Crippen LogP contribution in [-0.4, -0.2) is 32.8 Å². The van der Waals surface area contributed by atoms with Crippen molar-refractivity contribution in [2.24, 2.45) is 5.73 Å². The van der Waals surface area contributed by atoms with Crippen molar-refractivity contribution in [2.45, 2.75) is 32.2 Å². The van der Waals surface area contributed by atoms with Crippen molar-refractivity contribution in [1.82, 2.24) is 5.32 Å². The Hall–Kier alpha value is -0.120. The Morgan fingerprint density at radius 3 is 2.67 bits per heavy atom. The van der Waals surface area contributed by atoms with Gasteiger partial charge in [0.05, 0.1) is 6.61 Å². The van der Waals surface area contributed by atoms with Crippen LogP contribution in [0.15, 0.2) is 0 Å². The van der Waals surface area contributed by atoms with E-state index in [1.165, 1.54) is 12.8 Å². The Labute approximate surface area is 75.7 Å². The Kier molecular flexibility index (Phi) is 8.88. The van der Waals surface area contributed by atoms with E-state index in [0.717, 1.165) is 26.1 Å². The van der Waals surface area contributed by atoms with Gasteiger partial charge in [-0.3, -0.25) is 0 Å². The average molecular weight is 174 g/mol. The average Bonchev–Trinajstić information content (AvgIpc) is 2.02. The zero-order chi connectivity index (χ0) is 9.23. The molecular formula is C9H22N2O. The molecule has 3 heteroatoms. The second kappa shape index (κ2) is 8.97. The molecule has 0 aliphatic carbocycles. The number of hydrogen-bond donors (Lipinski definition) is 2. The van der Waals surface area contributed by atoms with Crippen LogP contribution in [-0.2, 0) is 4.74 Å². The highest BCUT2D eigenvalue weighted by atomic mass is 16.5. The van der Waals surface area contributed by atoms with E-state index in [-0.39, 0.29) is 0 Å². The first-order valence-electron chi connectivity index (χ1n) is 4.72. The van der Waals surface area contributed by atoms with Crippen molar-refractivity contribution < 1.29 is 4.74 Å². The van der Waals surface area contributed by atoms with Crippen LogP contribution in [0, 0.1) is 0 Å². The van der Waals surface area contributed by atoms with Gasteiger partial charge in [-0.25, -0.2) is 0 Å². The van der Waals surface area contributed by atoms with Crippen LogP contribution in [0.1, 0.15) is 26.2 Å². The summed E-state index contributed by atoms with van der Waals surface area (Å²) in [4.78, 5) is 0. The molecule has 0 rings (SSSR count). The summed E-state index contributed by atoms with van der Waals surface area (Å²) in [6, 6.07) is 0.351. The predicted molar refractivity (Wildman–Crippen MR) is 52.2 cm³/mol. The van der Waals surface area contributed by atoms with Gasteiger partial charge in [0.25, 0.3) is 0 Å². The Morgan fingerprint density at radius 1 is 1.33 bits per heavy atom. The lowest BCUT2D eigenvalue weighted by Gasteiger charge is -2.05. The van der Waals surface area contributed by atoms with Gasteiger partial charge in [0.15, 0.2) is 0 Å². The van der Waals surface area contributed by atoms with Gasteiger partial charge in [-0.2, -0.15) is 0 Å². The lowest BCUT2D eigenvalue weighted by atomic mass is 10.1. The molecule has 0 aromatic heterocycles. The fraction of sp³-hybridized carbons (Fsp3) is 1.00. The van der Waals surface area contributed by atoms with E-state index in [1.807, 2.05) is 0 Å². The van der Waals surface area contributed by atoms with Crippen molar-refractivity contribution >= 4 is 0 Å². The van der Waals surface area contributed by atoms with Crippen LogP contribution >= 0.6 is 0 Å². The number of ether oxygens (including phenoxy) is 1. The Bertz CT molecular complexity index is 86.6. The molecule has 12 heavy (non-hydrogen) atoms. The molecule has 0 aromatic carbocycles. The van der Waals surface area contributed by atoms with Crippen molar-refractivity contribution in [2.75, 3.05) is 26.8 Å². The van der Waals surface area contributed by atoms with E-state index in [0.29, 0.717) is 6.04 Å². The minimum absolute atomic E-state index is 0.351. The molecule has 0 saturated carbocycles. The number of rotatable bonds is 8. The summed E-state index contributed by atoms with van der Waals surface area (Å²) in [5, 5.41) is 3.29. The van der Waals surface area contributed by atoms with Gasteiger partial charge in [-0.15, -0.1) is 0 Å². The molecule has 0 amide bonds. The molecule has 74 valence electrons. The zero-order valence-corrected chi connectivity index (χ0v) is 8.31. The van der Waals surface area contributed by atoms with E-state index in [1.54, 1.807) is 7.11 Å². The van der Waals surface area contributed by atoms with E-state index < -0.39 is 0 Å². The molecule has 3 nitrogen and oxygen atoms in total. The normalized spacial score (nSPS) is 13.2. The summed E-state index contributed by atoms with van der Waals surface area (Å²) in [6.45, 7) is 4.89. The summed E-state index contributed by atoms with van der Waals surface area (Å²) in [5.74, 6) is 0. The summed E-state index contributed by atoms with van der Waals surface area (Å²) in [6.07, 6.45) is 3.56. The summed E-state index contributed by atoms with van der Waals surface area (Å²) in [7, 11) is 1.72. The second-order valence-corrected chi connectivity index (χ2v) is 3.22. The van der Waals surface area contributed by atoms with Gasteiger partial charge in [-0.1, -0.05) is 6.42 Å². The molecule has 3 N–H and O–H groups in total. The fourth-order valence-corrected chi connectivity index (χ4v) is 1.02. The summed E-state index contributed by atoms with van der Waals surface area (Å²) < 4.78 is 4.90. The maximum atomic E-state index is 5.61. The van der Waals surface area contributed by atoms with Crippen LogP contribution in [0.25, 0.3) is 0 Å². The minimum atomic E-state index is 0.351. The van der Waals surface area contributed by atoms with Gasteiger partial charge in [0.2, 0.25) is 0 Å².